The van der Waals surface area contributed by atoms with Gasteiger partial charge < -0.3 is 19.9 Å². The van der Waals surface area contributed by atoms with Crippen LogP contribution in [0.15, 0.2) is 36.4 Å². The fraction of sp³-hybridized carbons (Fsp3) is 0.500. The molecule has 0 bridgehead atoms. The van der Waals surface area contributed by atoms with Crippen molar-refractivity contribution >= 4 is 17.4 Å². The van der Waals surface area contributed by atoms with E-state index in [2.05, 4.69) is 15.2 Å². The number of benzene rings is 1. The van der Waals surface area contributed by atoms with Crippen LogP contribution in [0.4, 0.5) is 24.7 Å². The lowest BCUT2D eigenvalue weighted by Crippen LogP contribution is -2.32. The number of amides is 1. The van der Waals surface area contributed by atoms with Gasteiger partial charge in [-0.2, -0.15) is 18.2 Å². The number of para-hydroxylation sites is 1. The van der Waals surface area contributed by atoms with Gasteiger partial charge >= 0.3 is 6.18 Å². The molecular weight excluding hydrogens is 433 g/mol. The maximum Gasteiger partial charge on any atom is 0.418 e. The van der Waals surface area contributed by atoms with Crippen molar-refractivity contribution in [2.24, 2.45) is 0 Å². The molecule has 0 spiro atoms. The Morgan fingerprint density at radius 3 is 2.70 bits per heavy atom. The number of fused-ring (bicyclic) bond motifs is 1. The number of pyridine rings is 1. The number of hydrogen-bond donors (Lipinski definition) is 1. The van der Waals surface area contributed by atoms with Crippen LogP contribution in [-0.2, 0) is 17.4 Å². The maximum absolute atomic E-state index is 13.4. The van der Waals surface area contributed by atoms with Crippen molar-refractivity contribution in [3.63, 3.8) is 0 Å². The number of anilines is 2. The van der Waals surface area contributed by atoms with Crippen molar-refractivity contribution < 1.29 is 22.7 Å². The van der Waals surface area contributed by atoms with Crippen molar-refractivity contribution in [1.82, 2.24) is 9.88 Å². The largest absolute Gasteiger partial charge is 0.478 e. The Bertz CT molecular complexity index is 967. The van der Waals surface area contributed by atoms with Crippen LogP contribution in [0.5, 0.6) is 5.88 Å². The van der Waals surface area contributed by atoms with Gasteiger partial charge in [-0.1, -0.05) is 12.1 Å². The Labute approximate surface area is 191 Å². The Hall–Kier alpha value is -2.81. The van der Waals surface area contributed by atoms with Gasteiger partial charge in [0.05, 0.1) is 12.2 Å². The van der Waals surface area contributed by atoms with Crippen LogP contribution >= 0.6 is 0 Å². The molecule has 2 aliphatic heterocycles. The SMILES string of the molecule is O=C1CCc2ccc(OCCCCN3CCCN(c4ccccc4C(F)(F)F)CC3)nc2N1. The van der Waals surface area contributed by atoms with Crippen LogP contribution in [0, 0.1) is 0 Å². The number of aromatic nitrogens is 1. The summed E-state index contributed by atoms with van der Waals surface area (Å²) < 4.78 is 45.9. The summed E-state index contributed by atoms with van der Waals surface area (Å²) in [7, 11) is 0. The summed E-state index contributed by atoms with van der Waals surface area (Å²) >= 11 is 0. The standard InChI is InChI=1S/C24H29F3N4O2/c25-24(26,27)19-6-1-2-7-20(19)31-14-5-13-30(15-16-31)12-3-4-17-33-22-11-9-18-8-10-21(32)28-23(18)29-22/h1-2,6-7,9,11H,3-5,8,10,12-17H2,(H,28,29,32). The van der Waals surface area contributed by atoms with Crippen LogP contribution in [0.25, 0.3) is 0 Å². The van der Waals surface area contributed by atoms with E-state index in [9.17, 15) is 18.0 Å². The summed E-state index contributed by atoms with van der Waals surface area (Å²) in [5.74, 6) is 1.07. The van der Waals surface area contributed by atoms with E-state index in [0.29, 0.717) is 44.2 Å². The summed E-state index contributed by atoms with van der Waals surface area (Å²) in [5.41, 5.74) is 0.731. The van der Waals surface area contributed by atoms with Crippen LogP contribution < -0.4 is 15.0 Å². The first-order valence-corrected chi connectivity index (χ1v) is 11.5. The number of halogens is 3. The molecule has 1 aromatic carbocycles. The zero-order valence-electron chi connectivity index (χ0n) is 18.5. The van der Waals surface area contributed by atoms with Crippen molar-refractivity contribution in [3.8, 4) is 5.88 Å². The molecule has 0 aliphatic carbocycles. The summed E-state index contributed by atoms with van der Waals surface area (Å²) in [6, 6.07) is 9.60. The quantitative estimate of drug-likeness (QED) is 0.620. The number of aryl methyl sites for hydroxylation is 1. The fourth-order valence-corrected chi connectivity index (χ4v) is 4.34. The smallest absolute Gasteiger partial charge is 0.418 e. The monoisotopic (exact) mass is 462 g/mol. The summed E-state index contributed by atoms with van der Waals surface area (Å²) in [6.45, 7) is 4.21. The minimum absolute atomic E-state index is 0.0231. The van der Waals surface area contributed by atoms with E-state index < -0.39 is 11.7 Å². The second kappa shape index (κ2) is 10.4. The predicted octanol–water partition coefficient (Wildman–Crippen LogP) is 4.36. The van der Waals surface area contributed by atoms with Gasteiger partial charge in [-0.3, -0.25) is 4.79 Å². The van der Waals surface area contributed by atoms with Crippen LogP contribution in [-0.4, -0.2) is 55.1 Å². The fourth-order valence-electron chi connectivity index (χ4n) is 4.34. The van der Waals surface area contributed by atoms with E-state index >= 15 is 0 Å². The Balaban J connectivity index is 1.20. The number of ether oxygens (including phenoxy) is 1. The molecule has 4 rings (SSSR count). The number of rotatable bonds is 7. The molecule has 2 aliphatic rings. The van der Waals surface area contributed by atoms with E-state index in [-0.39, 0.29) is 11.6 Å². The molecular formula is C24H29F3N4O2. The van der Waals surface area contributed by atoms with Crippen LogP contribution in [0.1, 0.15) is 36.8 Å². The maximum atomic E-state index is 13.4. The lowest BCUT2D eigenvalue weighted by molar-refractivity contribution is -0.137. The first-order chi connectivity index (χ1) is 15.9. The normalized spacial score (nSPS) is 17.3. The van der Waals surface area contributed by atoms with Crippen molar-refractivity contribution in [2.45, 2.75) is 38.3 Å². The minimum Gasteiger partial charge on any atom is -0.478 e. The van der Waals surface area contributed by atoms with Gasteiger partial charge in [0.2, 0.25) is 11.8 Å². The average Bonchev–Trinajstić information content (AvgIpc) is 3.04. The van der Waals surface area contributed by atoms with Gasteiger partial charge in [0.1, 0.15) is 5.82 Å². The number of unbranched alkanes of at least 4 members (excludes halogenated alkanes) is 1. The zero-order valence-corrected chi connectivity index (χ0v) is 18.5. The molecule has 1 amide bonds. The molecule has 33 heavy (non-hydrogen) atoms. The molecule has 0 saturated carbocycles. The summed E-state index contributed by atoms with van der Waals surface area (Å²) in [5, 5.41) is 2.77. The molecule has 1 N–H and O–H groups in total. The molecule has 0 unspecified atom stereocenters. The summed E-state index contributed by atoms with van der Waals surface area (Å²) in [6.07, 6.45) is -0.556. The highest BCUT2D eigenvalue weighted by Crippen LogP contribution is 2.36. The molecule has 1 fully saturated rings. The minimum atomic E-state index is -4.35. The lowest BCUT2D eigenvalue weighted by Gasteiger charge is -2.26. The predicted molar refractivity (Wildman–Crippen MR) is 121 cm³/mol. The molecule has 178 valence electrons. The van der Waals surface area contributed by atoms with Gasteiger partial charge in [0.15, 0.2) is 0 Å². The Kier molecular flexibility index (Phi) is 7.37. The summed E-state index contributed by atoms with van der Waals surface area (Å²) in [4.78, 5) is 20.1. The first kappa shape index (κ1) is 23.4. The third-order valence-corrected chi connectivity index (χ3v) is 6.09. The van der Waals surface area contributed by atoms with E-state index in [1.165, 1.54) is 6.07 Å². The number of carbonyl (C=O) groups is 1. The van der Waals surface area contributed by atoms with Crippen molar-refractivity contribution in [3.05, 3.63) is 47.5 Å². The van der Waals surface area contributed by atoms with E-state index in [4.69, 9.17) is 4.74 Å². The van der Waals surface area contributed by atoms with Gasteiger partial charge in [-0.05, 0) is 62.5 Å². The Morgan fingerprint density at radius 1 is 1.00 bits per heavy atom. The van der Waals surface area contributed by atoms with Gasteiger partial charge in [-0.25, -0.2) is 0 Å². The van der Waals surface area contributed by atoms with Crippen molar-refractivity contribution in [1.29, 1.82) is 0 Å². The lowest BCUT2D eigenvalue weighted by atomic mass is 10.1. The number of nitrogens with one attached hydrogen (secondary N) is 1. The number of carbonyl (C=O) groups excluding carboxylic acids is 1. The van der Waals surface area contributed by atoms with Gasteiger partial charge in [0.25, 0.3) is 0 Å². The highest BCUT2D eigenvalue weighted by Gasteiger charge is 2.34. The number of nitrogens with zero attached hydrogens (tertiary/aromatic N) is 3. The molecule has 9 heteroatoms. The first-order valence-electron chi connectivity index (χ1n) is 11.5. The highest BCUT2D eigenvalue weighted by molar-refractivity contribution is 5.92. The number of hydrogen-bond acceptors (Lipinski definition) is 5. The molecule has 6 nitrogen and oxygen atoms in total. The third-order valence-electron chi connectivity index (χ3n) is 6.09. The molecule has 0 radical (unpaired) electrons. The molecule has 2 aromatic rings. The average molecular weight is 463 g/mol. The second-order valence-corrected chi connectivity index (χ2v) is 8.46. The van der Waals surface area contributed by atoms with Gasteiger partial charge in [-0.15, -0.1) is 0 Å². The molecule has 1 saturated heterocycles. The topological polar surface area (TPSA) is 57.7 Å². The number of alkyl halides is 3. The zero-order chi connectivity index (χ0) is 23.3. The molecule has 3 heterocycles. The second-order valence-electron chi connectivity index (χ2n) is 8.46. The van der Waals surface area contributed by atoms with E-state index in [1.54, 1.807) is 12.1 Å². The van der Waals surface area contributed by atoms with Crippen molar-refractivity contribution in [2.75, 3.05) is 49.5 Å². The van der Waals surface area contributed by atoms with E-state index in [0.717, 1.165) is 50.5 Å². The molecule has 0 atom stereocenters. The van der Waals surface area contributed by atoms with Gasteiger partial charge in [0, 0.05) is 37.8 Å². The van der Waals surface area contributed by atoms with E-state index in [1.807, 2.05) is 17.0 Å². The highest BCUT2D eigenvalue weighted by atomic mass is 19.4. The molecule has 1 aromatic heterocycles. The third kappa shape index (κ3) is 6.16. The Morgan fingerprint density at radius 2 is 1.85 bits per heavy atom. The van der Waals surface area contributed by atoms with Crippen LogP contribution in [0.2, 0.25) is 0 Å². The van der Waals surface area contributed by atoms with Crippen LogP contribution in [0.3, 0.4) is 0 Å².